The molecule has 0 radical (unpaired) electrons. The molecule has 2 aliphatic heterocycles. The molecule has 4 rings (SSSR count). The number of hydrogen-bond donors (Lipinski definition) is 1. The summed E-state index contributed by atoms with van der Waals surface area (Å²) in [7, 11) is 0. The van der Waals surface area contributed by atoms with Gasteiger partial charge < -0.3 is 15.0 Å². The van der Waals surface area contributed by atoms with Gasteiger partial charge in [-0.05, 0) is 31.7 Å². The van der Waals surface area contributed by atoms with Crippen molar-refractivity contribution in [3.8, 4) is 0 Å². The van der Waals surface area contributed by atoms with Crippen LogP contribution in [0.25, 0.3) is 0 Å². The van der Waals surface area contributed by atoms with Crippen LogP contribution in [-0.2, 0) is 9.53 Å². The van der Waals surface area contributed by atoms with Crippen LogP contribution in [0.1, 0.15) is 37.4 Å². The first-order chi connectivity index (χ1) is 12.8. The maximum atomic E-state index is 13.0. The number of amides is 1. The van der Waals surface area contributed by atoms with Crippen molar-refractivity contribution in [2.24, 2.45) is 5.92 Å². The lowest BCUT2D eigenvalue weighted by molar-refractivity contribution is -0.139. The molecule has 8 nitrogen and oxygen atoms in total. The van der Waals surface area contributed by atoms with E-state index in [4.69, 9.17) is 4.74 Å². The average Bonchev–Trinajstić information content (AvgIpc) is 3.19. The molecule has 4 heterocycles. The highest BCUT2D eigenvalue weighted by Gasteiger charge is 2.35. The number of hydrogen-bond acceptors (Lipinski definition) is 7. The van der Waals surface area contributed by atoms with Crippen molar-refractivity contribution in [2.75, 3.05) is 25.1 Å². The van der Waals surface area contributed by atoms with Crippen molar-refractivity contribution in [1.82, 2.24) is 24.8 Å². The van der Waals surface area contributed by atoms with Gasteiger partial charge in [0, 0.05) is 44.3 Å². The summed E-state index contributed by atoms with van der Waals surface area (Å²) in [6.07, 6.45) is 10.1. The maximum Gasteiger partial charge on any atom is 0.228 e. The van der Waals surface area contributed by atoms with E-state index >= 15 is 0 Å². The summed E-state index contributed by atoms with van der Waals surface area (Å²) in [5.74, 6) is 1.36. The average molecular weight is 354 g/mol. The molecular weight excluding hydrogens is 332 g/mol. The molecule has 2 fully saturated rings. The molecule has 2 saturated heterocycles. The predicted octanol–water partition coefficient (Wildman–Crippen LogP) is 2.10. The summed E-state index contributed by atoms with van der Waals surface area (Å²) in [5, 5.41) is 3.06. The van der Waals surface area contributed by atoms with Crippen molar-refractivity contribution in [1.29, 1.82) is 0 Å². The first-order valence-electron chi connectivity index (χ1n) is 9.05. The second-order valence-corrected chi connectivity index (χ2v) is 6.60. The fraction of sp³-hybridized carbons (Fsp3) is 0.500. The van der Waals surface area contributed by atoms with Gasteiger partial charge in [-0.1, -0.05) is 0 Å². The fourth-order valence-corrected chi connectivity index (χ4v) is 3.61. The molecule has 1 N–H and O–H groups in total. The molecule has 1 amide bonds. The third-order valence-corrected chi connectivity index (χ3v) is 4.93. The Bertz CT molecular complexity index is 750. The van der Waals surface area contributed by atoms with Crippen LogP contribution < -0.4 is 5.32 Å². The monoisotopic (exact) mass is 354 g/mol. The van der Waals surface area contributed by atoms with Crippen molar-refractivity contribution in [3.63, 3.8) is 0 Å². The van der Waals surface area contributed by atoms with Crippen molar-refractivity contribution >= 4 is 17.7 Å². The van der Waals surface area contributed by atoms with Gasteiger partial charge in [-0.25, -0.2) is 15.0 Å². The van der Waals surface area contributed by atoms with Crippen LogP contribution in [0.15, 0.2) is 30.9 Å². The molecule has 136 valence electrons. The number of ether oxygens (including phenoxy) is 1. The number of carbonyl (C=O) groups excluding carboxylic acids is 1. The highest BCUT2D eigenvalue weighted by molar-refractivity contribution is 5.79. The summed E-state index contributed by atoms with van der Waals surface area (Å²) < 4.78 is 5.39. The smallest absolute Gasteiger partial charge is 0.228 e. The van der Waals surface area contributed by atoms with Gasteiger partial charge >= 0.3 is 0 Å². The van der Waals surface area contributed by atoms with E-state index in [0.717, 1.165) is 37.9 Å². The fourth-order valence-electron chi connectivity index (χ4n) is 3.61. The molecule has 0 aliphatic carbocycles. The number of rotatable bonds is 4. The minimum absolute atomic E-state index is 0.00996. The Balaban J connectivity index is 1.50. The van der Waals surface area contributed by atoms with E-state index in [1.165, 1.54) is 0 Å². The minimum atomic E-state index is 0.00996. The summed E-state index contributed by atoms with van der Waals surface area (Å²) in [6, 6.07) is 1.90. The topological polar surface area (TPSA) is 93.1 Å². The molecule has 1 unspecified atom stereocenters. The van der Waals surface area contributed by atoms with Crippen molar-refractivity contribution in [2.45, 2.75) is 31.7 Å². The van der Waals surface area contributed by atoms with E-state index in [2.05, 4.69) is 25.3 Å². The Kier molecular flexibility index (Phi) is 5.01. The summed E-state index contributed by atoms with van der Waals surface area (Å²) in [5.41, 5.74) is 0.865. The van der Waals surface area contributed by atoms with Gasteiger partial charge in [0.15, 0.2) is 5.82 Å². The number of nitrogens with zero attached hydrogens (tertiary/aromatic N) is 5. The molecule has 8 heteroatoms. The van der Waals surface area contributed by atoms with Crippen molar-refractivity contribution < 1.29 is 9.53 Å². The molecule has 0 saturated carbocycles. The first kappa shape index (κ1) is 16.8. The van der Waals surface area contributed by atoms with Gasteiger partial charge in [-0.15, -0.1) is 0 Å². The molecule has 0 spiro atoms. The first-order valence-corrected chi connectivity index (χ1v) is 9.05. The summed E-state index contributed by atoms with van der Waals surface area (Å²) in [4.78, 5) is 32.0. The van der Waals surface area contributed by atoms with E-state index in [0.29, 0.717) is 25.0 Å². The van der Waals surface area contributed by atoms with E-state index in [1.54, 1.807) is 24.8 Å². The molecule has 2 aromatic rings. The van der Waals surface area contributed by atoms with Crippen LogP contribution in [0.4, 0.5) is 11.8 Å². The standard InChI is InChI=1S/C18H22N6O2/c25-17(13-4-10-26-11-5-13)24-9-1-2-15(24)14-3-6-21-18(22-14)23-16-12-19-7-8-20-16/h3,6-8,12-13,15H,1-2,4-5,9-11H2,(H,20,21,22,23). The van der Waals surface area contributed by atoms with Crippen LogP contribution in [-0.4, -0.2) is 50.5 Å². The van der Waals surface area contributed by atoms with Gasteiger partial charge in [0.05, 0.1) is 17.9 Å². The molecule has 1 atom stereocenters. The third kappa shape index (κ3) is 3.65. The second kappa shape index (κ2) is 7.74. The zero-order valence-corrected chi connectivity index (χ0v) is 14.5. The van der Waals surface area contributed by atoms with E-state index < -0.39 is 0 Å². The Morgan fingerprint density at radius 3 is 2.85 bits per heavy atom. The number of aromatic nitrogens is 4. The number of likely N-dealkylation sites (tertiary alicyclic amines) is 1. The van der Waals surface area contributed by atoms with Crippen LogP contribution in [0.2, 0.25) is 0 Å². The molecule has 26 heavy (non-hydrogen) atoms. The SMILES string of the molecule is O=C(C1CCOCC1)N1CCCC1c1ccnc(Nc2cnccn2)n1. The number of anilines is 2. The highest BCUT2D eigenvalue weighted by atomic mass is 16.5. The van der Waals surface area contributed by atoms with Crippen LogP contribution in [0.3, 0.4) is 0 Å². The van der Waals surface area contributed by atoms with Crippen LogP contribution in [0.5, 0.6) is 0 Å². The lowest BCUT2D eigenvalue weighted by Crippen LogP contribution is -2.38. The van der Waals surface area contributed by atoms with E-state index in [9.17, 15) is 4.79 Å². The highest BCUT2D eigenvalue weighted by Crippen LogP contribution is 2.33. The number of carbonyl (C=O) groups is 1. The molecule has 2 aliphatic rings. The summed E-state index contributed by atoms with van der Waals surface area (Å²) >= 11 is 0. The van der Waals surface area contributed by atoms with E-state index in [-0.39, 0.29) is 17.9 Å². The zero-order valence-electron chi connectivity index (χ0n) is 14.5. The third-order valence-electron chi connectivity index (χ3n) is 4.93. The van der Waals surface area contributed by atoms with Crippen molar-refractivity contribution in [3.05, 3.63) is 36.5 Å². The molecule has 2 aromatic heterocycles. The van der Waals surface area contributed by atoms with Crippen LogP contribution >= 0.6 is 0 Å². The van der Waals surface area contributed by atoms with Gasteiger partial charge in [0.1, 0.15) is 0 Å². The largest absolute Gasteiger partial charge is 0.381 e. The molecular formula is C18H22N6O2. The zero-order chi connectivity index (χ0) is 17.8. The Hall–Kier alpha value is -2.61. The lowest BCUT2D eigenvalue weighted by Gasteiger charge is -2.30. The van der Waals surface area contributed by atoms with E-state index in [1.807, 2.05) is 11.0 Å². The van der Waals surface area contributed by atoms with Gasteiger partial charge in [-0.2, -0.15) is 0 Å². The Morgan fingerprint density at radius 1 is 1.15 bits per heavy atom. The summed E-state index contributed by atoms with van der Waals surface area (Å²) in [6.45, 7) is 2.14. The molecule has 0 aromatic carbocycles. The minimum Gasteiger partial charge on any atom is -0.381 e. The normalized spacial score (nSPS) is 20.9. The van der Waals surface area contributed by atoms with Gasteiger partial charge in [0.2, 0.25) is 11.9 Å². The molecule has 0 bridgehead atoms. The quantitative estimate of drug-likeness (QED) is 0.898. The Labute approximate surface area is 152 Å². The second-order valence-electron chi connectivity index (χ2n) is 6.60. The number of nitrogens with one attached hydrogen (secondary N) is 1. The maximum absolute atomic E-state index is 13.0. The van der Waals surface area contributed by atoms with Gasteiger partial charge in [-0.3, -0.25) is 9.78 Å². The Morgan fingerprint density at radius 2 is 2.04 bits per heavy atom. The van der Waals surface area contributed by atoms with Gasteiger partial charge in [0.25, 0.3) is 0 Å². The van der Waals surface area contributed by atoms with Crippen LogP contribution in [0, 0.1) is 5.92 Å². The predicted molar refractivity (Wildman–Crippen MR) is 94.6 cm³/mol. The lowest BCUT2D eigenvalue weighted by atomic mass is 9.98.